The minimum atomic E-state index is -1.12. The summed E-state index contributed by atoms with van der Waals surface area (Å²) in [5, 5.41) is 12.2. The third-order valence-corrected chi connectivity index (χ3v) is 4.71. The summed E-state index contributed by atoms with van der Waals surface area (Å²) in [6, 6.07) is 9.78. The molecular formula is C19H19NO4. The van der Waals surface area contributed by atoms with Crippen LogP contribution in [0.5, 0.6) is 5.75 Å². The molecule has 1 aromatic heterocycles. The monoisotopic (exact) mass is 325 g/mol. The Morgan fingerprint density at radius 3 is 2.75 bits per heavy atom. The van der Waals surface area contributed by atoms with Gasteiger partial charge in [0, 0.05) is 28.3 Å². The molecule has 1 unspecified atom stereocenters. The third kappa shape index (κ3) is 2.08. The third-order valence-electron chi connectivity index (χ3n) is 4.71. The van der Waals surface area contributed by atoms with E-state index in [1.165, 1.54) is 0 Å². The summed E-state index contributed by atoms with van der Waals surface area (Å²) in [4.78, 5) is 15.9. The summed E-state index contributed by atoms with van der Waals surface area (Å²) in [6.07, 6.45) is -0.188. The lowest BCUT2D eigenvalue weighted by Gasteiger charge is -2.33. The van der Waals surface area contributed by atoms with Crippen molar-refractivity contribution in [2.24, 2.45) is 0 Å². The molecule has 124 valence electrons. The van der Waals surface area contributed by atoms with Crippen molar-refractivity contribution in [1.29, 1.82) is 0 Å². The van der Waals surface area contributed by atoms with E-state index in [1.54, 1.807) is 21.0 Å². The largest absolute Gasteiger partial charge is 0.494 e. The average molecular weight is 325 g/mol. The van der Waals surface area contributed by atoms with Crippen LogP contribution in [0.4, 0.5) is 0 Å². The predicted octanol–water partition coefficient (Wildman–Crippen LogP) is 3.18. The molecule has 0 radical (unpaired) electrons. The van der Waals surface area contributed by atoms with Gasteiger partial charge in [0.15, 0.2) is 0 Å². The molecule has 1 atom stereocenters. The summed E-state index contributed by atoms with van der Waals surface area (Å²) in [5.74, 6) is 0.221. The Morgan fingerprint density at radius 1 is 1.29 bits per heavy atom. The van der Waals surface area contributed by atoms with Crippen molar-refractivity contribution in [3.63, 3.8) is 0 Å². The maximum atomic E-state index is 12.5. The molecule has 0 saturated carbocycles. The van der Waals surface area contributed by atoms with Crippen molar-refractivity contribution in [2.75, 3.05) is 7.11 Å². The second-order valence-electron chi connectivity index (χ2n) is 6.78. The highest BCUT2D eigenvalue weighted by Crippen LogP contribution is 2.40. The van der Waals surface area contributed by atoms with Gasteiger partial charge in [-0.15, -0.1) is 0 Å². The Morgan fingerprint density at radius 2 is 2.04 bits per heavy atom. The van der Waals surface area contributed by atoms with E-state index in [1.807, 2.05) is 30.3 Å². The molecule has 2 aromatic carbocycles. The predicted molar refractivity (Wildman–Crippen MR) is 91.6 cm³/mol. The second kappa shape index (κ2) is 4.98. The summed E-state index contributed by atoms with van der Waals surface area (Å²) in [6.45, 7) is 3.29. The Labute approximate surface area is 139 Å². The Bertz CT molecular complexity index is 965. The van der Waals surface area contributed by atoms with Crippen molar-refractivity contribution < 1.29 is 19.4 Å². The molecule has 0 aliphatic carbocycles. The number of ether oxygens (including phenoxy) is 2. The molecule has 0 fully saturated rings. The minimum Gasteiger partial charge on any atom is -0.494 e. The van der Waals surface area contributed by atoms with Crippen LogP contribution >= 0.6 is 0 Å². The van der Waals surface area contributed by atoms with Crippen LogP contribution < -0.4 is 4.74 Å². The van der Waals surface area contributed by atoms with Crippen molar-refractivity contribution in [3.05, 3.63) is 41.5 Å². The molecule has 4 rings (SSSR count). The molecule has 5 nitrogen and oxygen atoms in total. The van der Waals surface area contributed by atoms with Crippen LogP contribution in [-0.4, -0.2) is 34.9 Å². The maximum absolute atomic E-state index is 12.5. The number of aromatic amines is 1. The Balaban J connectivity index is 2.02. The number of cyclic esters (lactones) is 1. The van der Waals surface area contributed by atoms with Crippen LogP contribution in [0.3, 0.4) is 0 Å². The van der Waals surface area contributed by atoms with E-state index >= 15 is 0 Å². The minimum absolute atomic E-state index is 0.416. The van der Waals surface area contributed by atoms with Crippen LogP contribution in [-0.2, 0) is 11.2 Å². The van der Waals surface area contributed by atoms with Gasteiger partial charge in [0.2, 0.25) is 0 Å². The number of nitrogens with one attached hydrogen (secondary N) is 1. The number of methoxy groups -OCH3 is 1. The number of aromatic nitrogens is 1. The van der Waals surface area contributed by atoms with Gasteiger partial charge in [-0.25, -0.2) is 4.79 Å². The molecular weight excluding hydrogens is 306 g/mol. The summed E-state index contributed by atoms with van der Waals surface area (Å²) >= 11 is 0. The zero-order valence-corrected chi connectivity index (χ0v) is 13.8. The van der Waals surface area contributed by atoms with E-state index in [0.29, 0.717) is 17.7 Å². The van der Waals surface area contributed by atoms with Crippen molar-refractivity contribution in [2.45, 2.75) is 32.0 Å². The molecule has 3 aromatic rings. The van der Waals surface area contributed by atoms with Crippen molar-refractivity contribution >= 4 is 27.8 Å². The number of rotatable bonds is 2. The maximum Gasteiger partial charge on any atom is 0.338 e. The van der Waals surface area contributed by atoms with E-state index in [0.717, 1.165) is 27.4 Å². The lowest BCUT2D eigenvalue weighted by molar-refractivity contribution is -0.0677. The second-order valence-corrected chi connectivity index (χ2v) is 6.78. The molecule has 0 saturated heterocycles. The number of carbonyl (C=O) groups is 1. The lowest BCUT2D eigenvalue weighted by Crippen LogP contribution is -2.44. The van der Waals surface area contributed by atoms with E-state index in [2.05, 4.69) is 4.98 Å². The van der Waals surface area contributed by atoms with Crippen molar-refractivity contribution in [1.82, 2.24) is 4.98 Å². The number of hydrogen-bond acceptors (Lipinski definition) is 4. The highest BCUT2D eigenvalue weighted by Gasteiger charge is 2.38. The number of H-pyrrole nitrogens is 1. The molecule has 5 heteroatoms. The van der Waals surface area contributed by atoms with Crippen LogP contribution in [0.15, 0.2) is 30.3 Å². The lowest BCUT2D eigenvalue weighted by atomic mass is 9.88. The smallest absolute Gasteiger partial charge is 0.338 e. The van der Waals surface area contributed by atoms with Gasteiger partial charge in [-0.3, -0.25) is 0 Å². The standard InChI is InChI=1S/C19H19NO4/c1-19(2,22)15-9-12-13(18(21)24-15)8-11-10-6-4-5-7-14(10)20-16(11)17(12)23-3/h4-8,15,20,22H,9H2,1-3H3. The number of carbonyl (C=O) groups excluding carboxylic acids is 1. The van der Waals surface area contributed by atoms with Gasteiger partial charge in [-0.2, -0.15) is 0 Å². The highest BCUT2D eigenvalue weighted by molar-refractivity contribution is 6.12. The fourth-order valence-corrected chi connectivity index (χ4v) is 3.42. The number of benzene rings is 2. The molecule has 1 aliphatic rings. The molecule has 2 heterocycles. The van der Waals surface area contributed by atoms with Crippen molar-refractivity contribution in [3.8, 4) is 5.75 Å². The molecule has 0 spiro atoms. The number of esters is 1. The van der Waals surface area contributed by atoms with E-state index in [9.17, 15) is 9.90 Å². The molecule has 2 N–H and O–H groups in total. The van der Waals surface area contributed by atoms with Gasteiger partial charge >= 0.3 is 5.97 Å². The quantitative estimate of drug-likeness (QED) is 0.710. The number of aliphatic hydroxyl groups is 1. The van der Waals surface area contributed by atoms with Gasteiger partial charge in [0.05, 0.1) is 23.8 Å². The molecule has 1 aliphatic heterocycles. The number of fused-ring (bicyclic) bond motifs is 4. The summed E-state index contributed by atoms with van der Waals surface area (Å²) in [7, 11) is 1.60. The van der Waals surface area contributed by atoms with Crippen LogP contribution in [0.1, 0.15) is 29.8 Å². The Kier molecular flexibility index (Phi) is 3.12. The van der Waals surface area contributed by atoms with E-state index in [4.69, 9.17) is 9.47 Å². The zero-order chi connectivity index (χ0) is 17.1. The highest BCUT2D eigenvalue weighted by atomic mass is 16.6. The van der Waals surface area contributed by atoms with Gasteiger partial charge in [-0.05, 0) is 26.0 Å². The number of hydrogen-bond donors (Lipinski definition) is 2. The first-order chi connectivity index (χ1) is 11.4. The van der Waals surface area contributed by atoms with Gasteiger partial charge < -0.3 is 19.6 Å². The SMILES string of the molecule is COc1c2c(cc3c1[nH]c1ccccc13)C(=O)OC(C(C)(C)O)C2. The molecule has 24 heavy (non-hydrogen) atoms. The zero-order valence-electron chi connectivity index (χ0n) is 13.8. The Hall–Kier alpha value is -2.53. The fourth-order valence-electron chi connectivity index (χ4n) is 3.42. The molecule has 0 bridgehead atoms. The van der Waals surface area contributed by atoms with Gasteiger partial charge in [0.1, 0.15) is 11.9 Å². The first-order valence-electron chi connectivity index (χ1n) is 7.94. The van der Waals surface area contributed by atoms with Crippen LogP contribution in [0.2, 0.25) is 0 Å². The van der Waals surface area contributed by atoms with E-state index in [-0.39, 0.29) is 0 Å². The summed E-state index contributed by atoms with van der Waals surface area (Å²) < 4.78 is 11.1. The first-order valence-corrected chi connectivity index (χ1v) is 7.94. The van der Waals surface area contributed by atoms with Crippen LogP contribution in [0.25, 0.3) is 21.8 Å². The first kappa shape index (κ1) is 15.0. The number of para-hydroxylation sites is 1. The normalized spacial score (nSPS) is 17.8. The average Bonchev–Trinajstić information content (AvgIpc) is 2.90. The topological polar surface area (TPSA) is 71.6 Å². The van der Waals surface area contributed by atoms with E-state index < -0.39 is 17.7 Å². The van der Waals surface area contributed by atoms with Crippen LogP contribution in [0, 0.1) is 0 Å². The van der Waals surface area contributed by atoms with Gasteiger partial charge in [-0.1, -0.05) is 18.2 Å². The molecule has 0 amide bonds. The fraction of sp³-hybridized carbons (Fsp3) is 0.316. The van der Waals surface area contributed by atoms with Gasteiger partial charge in [0.25, 0.3) is 0 Å². The summed E-state index contributed by atoms with van der Waals surface area (Å²) in [5.41, 5.74) is 2.01.